The molecule has 0 unspecified atom stereocenters. The second kappa shape index (κ2) is 4.39. The molecule has 1 amide bonds. The maximum absolute atomic E-state index is 11.9. The van der Waals surface area contributed by atoms with Crippen LogP contribution >= 0.6 is 0 Å². The van der Waals surface area contributed by atoms with Gasteiger partial charge in [0.1, 0.15) is 5.65 Å². The highest BCUT2D eigenvalue weighted by Gasteiger charge is 2.11. The third kappa shape index (κ3) is 1.95. The largest absolute Gasteiger partial charge is 0.348 e. The number of rotatable bonds is 2. The van der Waals surface area contributed by atoms with Crippen LogP contribution in [0.25, 0.3) is 16.6 Å². The average Bonchev–Trinajstić information content (AvgIpc) is 2.82. The maximum atomic E-state index is 11.9. The Hall–Kier alpha value is -2.36. The number of hydrogen-bond acceptors (Lipinski definition) is 2. The molecule has 3 rings (SSSR count). The summed E-state index contributed by atoms with van der Waals surface area (Å²) in [5.74, 6) is 0.0785. The lowest BCUT2D eigenvalue weighted by Gasteiger charge is -2.10. The Morgan fingerprint density at radius 2 is 2.00 bits per heavy atom. The number of nitrogens with zero attached hydrogens (tertiary/aromatic N) is 3. The number of carbonyl (C=O) groups is 1. The zero-order chi connectivity index (χ0) is 13.4. The quantitative estimate of drug-likeness (QED) is 0.701. The van der Waals surface area contributed by atoms with Crippen molar-refractivity contribution in [1.82, 2.24) is 14.3 Å². The molecule has 0 spiro atoms. The number of likely N-dealkylation sites (N-methyl/N-ethyl adjacent to an activating group) is 1. The number of amides is 1. The summed E-state index contributed by atoms with van der Waals surface area (Å²) in [7, 11) is 3.54. The Bertz CT molecular complexity index is 758. The highest BCUT2D eigenvalue weighted by Crippen LogP contribution is 2.18. The van der Waals surface area contributed by atoms with Gasteiger partial charge in [0.25, 0.3) is 0 Å². The number of benzene rings is 1. The molecule has 4 heteroatoms. The van der Waals surface area contributed by atoms with E-state index in [4.69, 9.17) is 0 Å². The van der Waals surface area contributed by atoms with E-state index >= 15 is 0 Å². The van der Waals surface area contributed by atoms with Crippen LogP contribution in [0.4, 0.5) is 0 Å². The minimum Gasteiger partial charge on any atom is -0.348 e. The summed E-state index contributed by atoms with van der Waals surface area (Å²) in [5, 5.41) is 1.14. The van der Waals surface area contributed by atoms with Gasteiger partial charge in [0.15, 0.2) is 0 Å². The van der Waals surface area contributed by atoms with Gasteiger partial charge >= 0.3 is 0 Å². The Morgan fingerprint density at radius 1 is 1.21 bits per heavy atom. The van der Waals surface area contributed by atoms with E-state index in [1.54, 1.807) is 25.2 Å². The summed E-state index contributed by atoms with van der Waals surface area (Å²) < 4.78 is 2.05. The van der Waals surface area contributed by atoms with E-state index in [-0.39, 0.29) is 5.91 Å². The first-order valence-electron chi connectivity index (χ1n) is 6.21. The predicted octanol–water partition coefficient (Wildman–Crippen LogP) is 2.12. The zero-order valence-corrected chi connectivity index (χ0v) is 11.0. The SMILES string of the molecule is CN(C)C(=O)Cc1cnc2ccc3ccccc3n12. The molecule has 96 valence electrons. The molecular weight excluding hydrogens is 238 g/mol. The van der Waals surface area contributed by atoms with Crippen molar-refractivity contribution >= 4 is 22.5 Å². The van der Waals surface area contributed by atoms with Gasteiger partial charge in [-0.15, -0.1) is 0 Å². The molecule has 0 saturated carbocycles. The molecule has 0 N–H and O–H groups in total. The second-order valence-corrected chi connectivity index (χ2v) is 4.80. The van der Waals surface area contributed by atoms with Crippen molar-refractivity contribution in [3.05, 3.63) is 48.3 Å². The van der Waals surface area contributed by atoms with Gasteiger partial charge in [0.05, 0.1) is 17.6 Å². The summed E-state index contributed by atoms with van der Waals surface area (Å²) >= 11 is 0. The minimum atomic E-state index is 0.0785. The normalized spacial score (nSPS) is 11.1. The molecular formula is C15H15N3O. The molecule has 2 heterocycles. The molecule has 3 aromatic rings. The fourth-order valence-corrected chi connectivity index (χ4v) is 2.23. The monoisotopic (exact) mass is 253 g/mol. The number of hydrogen-bond donors (Lipinski definition) is 0. The van der Waals surface area contributed by atoms with Crippen molar-refractivity contribution in [2.24, 2.45) is 0 Å². The van der Waals surface area contributed by atoms with Gasteiger partial charge in [0, 0.05) is 20.3 Å². The van der Waals surface area contributed by atoms with Crippen LogP contribution in [0.1, 0.15) is 5.69 Å². The molecule has 0 radical (unpaired) electrons. The second-order valence-electron chi connectivity index (χ2n) is 4.80. The summed E-state index contributed by atoms with van der Waals surface area (Å²) in [6, 6.07) is 12.1. The van der Waals surface area contributed by atoms with Gasteiger partial charge in [-0.3, -0.25) is 9.20 Å². The van der Waals surface area contributed by atoms with Crippen LogP contribution in [-0.4, -0.2) is 34.3 Å². The summed E-state index contributed by atoms with van der Waals surface area (Å²) in [4.78, 5) is 17.8. The lowest BCUT2D eigenvalue weighted by atomic mass is 10.2. The Labute approximate surface area is 111 Å². The summed E-state index contributed by atoms with van der Waals surface area (Å²) in [5.41, 5.74) is 2.88. The molecule has 0 atom stereocenters. The molecule has 0 fully saturated rings. The van der Waals surface area contributed by atoms with Crippen LogP contribution in [0.15, 0.2) is 42.6 Å². The third-order valence-electron chi connectivity index (χ3n) is 3.28. The van der Waals surface area contributed by atoms with E-state index in [2.05, 4.69) is 21.5 Å². The highest BCUT2D eigenvalue weighted by atomic mass is 16.2. The first-order chi connectivity index (χ1) is 9.16. The molecule has 4 nitrogen and oxygen atoms in total. The number of aromatic nitrogens is 2. The van der Waals surface area contributed by atoms with E-state index in [0.29, 0.717) is 6.42 Å². The van der Waals surface area contributed by atoms with Crippen LogP contribution in [0.2, 0.25) is 0 Å². The Kier molecular flexibility index (Phi) is 2.71. The van der Waals surface area contributed by atoms with Gasteiger partial charge < -0.3 is 4.90 Å². The predicted molar refractivity (Wildman–Crippen MR) is 75.1 cm³/mol. The van der Waals surface area contributed by atoms with E-state index in [1.807, 2.05) is 24.3 Å². The van der Waals surface area contributed by atoms with Gasteiger partial charge in [-0.2, -0.15) is 0 Å². The topological polar surface area (TPSA) is 37.6 Å². The number of carbonyl (C=O) groups excluding carboxylic acids is 1. The van der Waals surface area contributed by atoms with Crippen molar-refractivity contribution < 1.29 is 4.79 Å². The fourth-order valence-electron chi connectivity index (χ4n) is 2.23. The Morgan fingerprint density at radius 3 is 2.79 bits per heavy atom. The molecule has 0 aliphatic heterocycles. The van der Waals surface area contributed by atoms with Crippen molar-refractivity contribution in [3.8, 4) is 0 Å². The fraction of sp³-hybridized carbons (Fsp3) is 0.200. The Balaban J connectivity index is 2.20. The number of imidazole rings is 1. The zero-order valence-electron chi connectivity index (χ0n) is 11.0. The van der Waals surface area contributed by atoms with Crippen molar-refractivity contribution in [2.45, 2.75) is 6.42 Å². The first-order valence-corrected chi connectivity index (χ1v) is 6.21. The van der Waals surface area contributed by atoms with Crippen LogP contribution in [0.3, 0.4) is 0 Å². The van der Waals surface area contributed by atoms with Gasteiger partial charge in [0.2, 0.25) is 5.91 Å². The molecule has 1 aromatic carbocycles. The van der Waals surface area contributed by atoms with Crippen LogP contribution in [-0.2, 0) is 11.2 Å². The molecule has 19 heavy (non-hydrogen) atoms. The number of para-hydroxylation sites is 1. The van der Waals surface area contributed by atoms with Crippen molar-refractivity contribution in [2.75, 3.05) is 14.1 Å². The molecule has 2 aromatic heterocycles. The minimum absolute atomic E-state index is 0.0785. The third-order valence-corrected chi connectivity index (χ3v) is 3.28. The van der Waals surface area contributed by atoms with Gasteiger partial charge in [-0.1, -0.05) is 18.2 Å². The van der Waals surface area contributed by atoms with Gasteiger partial charge in [-0.25, -0.2) is 4.98 Å². The van der Waals surface area contributed by atoms with E-state index in [0.717, 1.165) is 22.2 Å². The smallest absolute Gasteiger partial charge is 0.228 e. The highest BCUT2D eigenvalue weighted by molar-refractivity contribution is 5.83. The van der Waals surface area contributed by atoms with Crippen LogP contribution in [0, 0.1) is 0 Å². The lowest BCUT2D eigenvalue weighted by Crippen LogP contribution is -2.24. The number of fused-ring (bicyclic) bond motifs is 3. The molecule has 0 aliphatic rings. The van der Waals surface area contributed by atoms with Crippen LogP contribution < -0.4 is 0 Å². The molecule has 0 saturated heterocycles. The molecule has 0 aliphatic carbocycles. The summed E-state index contributed by atoms with van der Waals surface area (Å²) in [6.45, 7) is 0. The lowest BCUT2D eigenvalue weighted by molar-refractivity contribution is -0.128. The first kappa shape index (κ1) is 11.7. The van der Waals surface area contributed by atoms with E-state index in [1.165, 1.54) is 0 Å². The van der Waals surface area contributed by atoms with Crippen molar-refractivity contribution in [1.29, 1.82) is 0 Å². The van der Waals surface area contributed by atoms with Crippen molar-refractivity contribution in [3.63, 3.8) is 0 Å². The maximum Gasteiger partial charge on any atom is 0.228 e. The average molecular weight is 253 g/mol. The van der Waals surface area contributed by atoms with Gasteiger partial charge in [-0.05, 0) is 23.6 Å². The number of pyridine rings is 1. The van der Waals surface area contributed by atoms with E-state index in [9.17, 15) is 4.79 Å². The van der Waals surface area contributed by atoms with E-state index < -0.39 is 0 Å². The standard InChI is InChI=1S/C15H15N3O/c1-17(2)15(19)9-12-10-16-14-8-7-11-5-3-4-6-13(11)18(12)14/h3-8,10H,9H2,1-2H3. The molecule has 0 bridgehead atoms. The van der Waals surface area contributed by atoms with Crippen LogP contribution in [0.5, 0.6) is 0 Å². The summed E-state index contributed by atoms with van der Waals surface area (Å²) in [6.07, 6.45) is 2.14.